The Balaban J connectivity index is 1.41. The smallest absolute Gasteiger partial charge is 0.319 e. The van der Waals surface area contributed by atoms with Gasteiger partial charge in [-0.05, 0) is 62.1 Å². The molecule has 1 heterocycles. The Bertz CT molecular complexity index is 1520. The van der Waals surface area contributed by atoms with Crippen LogP contribution in [-0.4, -0.2) is 37.9 Å². The third kappa shape index (κ3) is 4.69. The van der Waals surface area contributed by atoms with Gasteiger partial charge in [-0.15, -0.1) is 0 Å². The molecule has 2 N–H and O–H groups in total. The molecule has 2 fully saturated rings. The summed E-state index contributed by atoms with van der Waals surface area (Å²) in [6, 6.07) is 11.2. The molecule has 1 atom stereocenters. The molecular formula is C27H24ClF3N3O3P. The number of anilines is 2. The summed E-state index contributed by atoms with van der Waals surface area (Å²) in [6.07, 6.45) is 1.21. The third-order valence-corrected chi connectivity index (χ3v) is 8.86. The zero-order chi connectivity index (χ0) is 27.4. The van der Waals surface area contributed by atoms with Gasteiger partial charge in [0.15, 0.2) is 11.6 Å². The maximum atomic E-state index is 15.4. The van der Waals surface area contributed by atoms with Gasteiger partial charge in [-0.25, -0.2) is 18.0 Å². The van der Waals surface area contributed by atoms with E-state index in [2.05, 4.69) is 10.6 Å². The number of urea groups is 1. The van der Waals surface area contributed by atoms with Gasteiger partial charge >= 0.3 is 6.03 Å². The third-order valence-electron chi connectivity index (χ3n) is 7.07. The molecule has 198 valence electrons. The van der Waals surface area contributed by atoms with Crippen molar-refractivity contribution in [1.82, 2.24) is 5.32 Å². The molecule has 5 rings (SSSR count). The summed E-state index contributed by atoms with van der Waals surface area (Å²) in [5.41, 5.74) is -0.729. The van der Waals surface area contributed by atoms with Gasteiger partial charge in [0.25, 0.3) is 0 Å². The predicted octanol–water partition coefficient (Wildman–Crippen LogP) is 5.99. The van der Waals surface area contributed by atoms with E-state index in [1.807, 2.05) is 0 Å². The highest BCUT2D eigenvalue weighted by atomic mass is 35.5. The molecule has 3 aromatic rings. The average Bonchev–Trinajstić information content (AvgIpc) is 3.59. The number of hydrogen-bond donors (Lipinski definition) is 2. The van der Waals surface area contributed by atoms with Crippen LogP contribution in [0, 0.1) is 22.9 Å². The van der Waals surface area contributed by atoms with Crippen molar-refractivity contribution in [1.29, 1.82) is 0 Å². The van der Waals surface area contributed by atoms with Crippen molar-refractivity contribution < 1.29 is 27.3 Å². The van der Waals surface area contributed by atoms with Crippen LogP contribution in [0.2, 0.25) is 5.02 Å². The molecule has 0 aromatic heterocycles. The number of hydrogen-bond acceptors (Lipinski definition) is 3. The lowest BCUT2D eigenvalue weighted by Gasteiger charge is -2.20. The van der Waals surface area contributed by atoms with Crippen molar-refractivity contribution >= 4 is 47.4 Å². The molecule has 0 bridgehead atoms. The number of amides is 3. The summed E-state index contributed by atoms with van der Waals surface area (Å²) < 4.78 is 57.7. The molecule has 0 unspecified atom stereocenters. The molecule has 1 aliphatic heterocycles. The number of benzene rings is 3. The molecule has 6 nitrogen and oxygen atoms in total. The van der Waals surface area contributed by atoms with Crippen molar-refractivity contribution in [2.24, 2.45) is 5.41 Å². The Morgan fingerprint density at radius 3 is 2.39 bits per heavy atom. The summed E-state index contributed by atoms with van der Waals surface area (Å²) in [7, 11) is -2.79. The van der Waals surface area contributed by atoms with Crippen LogP contribution in [0.3, 0.4) is 0 Å². The van der Waals surface area contributed by atoms with Crippen LogP contribution >= 0.6 is 18.7 Å². The predicted molar refractivity (Wildman–Crippen MR) is 142 cm³/mol. The van der Waals surface area contributed by atoms with Crippen LogP contribution in [0.15, 0.2) is 54.6 Å². The van der Waals surface area contributed by atoms with E-state index >= 15 is 8.78 Å². The number of rotatable bonds is 5. The van der Waals surface area contributed by atoms with Gasteiger partial charge in [0, 0.05) is 27.9 Å². The summed E-state index contributed by atoms with van der Waals surface area (Å²) in [6.45, 7) is 3.20. The topological polar surface area (TPSA) is 78.5 Å². The zero-order valence-electron chi connectivity index (χ0n) is 20.5. The van der Waals surface area contributed by atoms with Gasteiger partial charge < -0.3 is 20.1 Å². The lowest BCUT2D eigenvalue weighted by atomic mass is 10.0. The van der Waals surface area contributed by atoms with Crippen LogP contribution in [0.4, 0.5) is 29.3 Å². The van der Waals surface area contributed by atoms with E-state index in [1.165, 1.54) is 24.3 Å². The van der Waals surface area contributed by atoms with Gasteiger partial charge in [-0.1, -0.05) is 35.9 Å². The minimum atomic E-state index is -2.79. The molecule has 1 saturated carbocycles. The van der Waals surface area contributed by atoms with Gasteiger partial charge in [0.1, 0.15) is 19.0 Å². The lowest BCUT2D eigenvalue weighted by Crippen LogP contribution is -2.46. The second-order valence-corrected chi connectivity index (χ2v) is 13.7. The van der Waals surface area contributed by atoms with E-state index in [0.717, 1.165) is 11.0 Å². The Morgan fingerprint density at radius 2 is 1.74 bits per heavy atom. The summed E-state index contributed by atoms with van der Waals surface area (Å²) in [5, 5.41) is 5.52. The van der Waals surface area contributed by atoms with Crippen molar-refractivity contribution in [2.45, 2.75) is 18.9 Å². The van der Waals surface area contributed by atoms with Crippen molar-refractivity contribution in [3.8, 4) is 11.1 Å². The Hall–Kier alpha value is -3.29. The van der Waals surface area contributed by atoms with Gasteiger partial charge in [0.2, 0.25) is 5.91 Å². The van der Waals surface area contributed by atoms with Crippen LogP contribution in [0.1, 0.15) is 12.8 Å². The second-order valence-electron chi connectivity index (χ2n) is 10.1. The molecule has 0 radical (unpaired) electrons. The first-order valence-electron chi connectivity index (χ1n) is 11.9. The van der Waals surface area contributed by atoms with E-state index < -0.39 is 48.0 Å². The van der Waals surface area contributed by atoms with Gasteiger partial charge in [-0.2, -0.15) is 0 Å². The fourth-order valence-corrected chi connectivity index (χ4v) is 6.31. The van der Waals surface area contributed by atoms with Crippen molar-refractivity contribution in [3.05, 3.63) is 77.1 Å². The summed E-state index contributed by atoms with van der Waals surface area (Å²) in [4.78, 5) is 27.1. The molecular weight excluding hydrogens is 538 g/mol. The summed E-state index contributed by atoms with van der Waals surface area (Å²) in [5.74, 6) is -3.70. The molecule has 38 heavy (non-hydrogen) atoms. The number of halogens is 4. The lowest BCUT2D eigenvalue weighted by molar-refractivity contribution is -0.119. The average molecular weight is 562 g/mol. The Labute approximate surface area is 222 Å². The molecule has 3 aromatic carbocycles. The largest absolute Gasteiger partial charge is 0.325 e. The molecule has 1 aliphatic carbocycles. The maximum Gasteiger partial charge on any atom is 0.319 e. The quantitative estimate of drug-likeness (QED) is 0.376. The molecule has 1 spiro atoms. The first-order chi connectivity index (χ1) is 17.9. The number of carbonyl (C=O) groups is 2. The van der Waals surface area contributed by atoms with E-state index in [1.54, 1.807) is 37.6 Å². The second kappa shape index (κ2) is 9.47. The number of nitrogens with zero attached hydrogens (tertiary/aromatic N) is 1. The first-order valence-corrected chi connectivity index (χ1v) is 14.9. The monoisotopic (exact) mass is 561 g/mol. The van der Waals surface area contributed by atoms with Crippen molar-refractivity contribution in [3.63, 3.8) is 0 Å². The zero-order valence-corrected chi connectivity index (χ0v) is 22.2. The van der Waals surface area contributed by atoms with Crippen LogP contribution in [0.25, 0.3) is 11.1 Å². The fraction of sp³-hybridized carbons (Fsp3) is 0.259. The standard InChI is InChI=1S/C27H24ClF3N3O3P/c1-38(2,37)21-6-4-3-5-16(21)17-8-10-20(23(31)22(17)30)34-14-27(11-12-27)24(25(34)35)33-26(36)32-19-9-7-15(28)13-18(19)29/h3-10,13,24H,11-12,14H2,1-2H3,(H2,32,33,36)/t24-/m0/s1. The van der Waals surface area contributed by atoms with E-state index in [4.69, 9.17) is 11.6 Å². The van der Waals surface area contributed by atoms with Gasteiger partial charge in [0.05, 0.1) is 11.4 Å². The van der Waals surface area contributed by atoms with E-state index in [9.17, 15) is 18.5 Å². The highest BCUT2D eigenvalue weighted by molar-refractivity contribution is 7.70. The Morgan fingerprint density at radius 1 is 1.03 bits per heavy atom. The normalized spacial score (nSPS) is 18.1. The summed E-state index contributed by atoms with van der Waals surface area (Å²) >= 11 is 5.74. The molecule has 3 amide bonds. The molecule has 11 heteroatoms. The van der Waals surface area contributed by atoms with Crippen LogP contribution in [-0.2, 0) is 9.36 Å². The number of nitrogens with one attached hydrogen (secondary N) is 2. The highest BCUT2D eigenvalue weighted by Gasteiger charge is 2.60. The first kappa shape index (κ1) is 26.3. The fourth-order valence-electron chi connectivity index (χ4n) is 4.93. The van der Waals surface area contributed by atoms with Crippen molar-refractivity contribution in [2.75, 3.05) is 30.1 Å². The molecule has 1 saturated heterocycles. The Kier molecular flexibility index (Phi) is 6.56. The highest BCUT2D eigenvalue weighted by Crippen LogP contribution is 2.54. The molecule has 2 aliphatic rings. The van der Waals surface area contributed by atoms with Crippen LogP contribution in [0.5, 0.6) is 0 Å². The number of carbonyl (C=O) groups excluding carboxylic acids is 2. The SMILES string of the molecule is CP(C)(=O)c1ccccc1-c1ccc(N2CC3(CC3)[C@@H](NC(=O)Nc3ccc(Cl)cc3F)C2=O)c(F)c1F. The van der Waals surface area contributed by atoms with Crippen LogP contribution < -0.4 is 20.8 Å². The maximum absolute atomic E-state index is 15.4. The minimum absolute atomic E-state index is 0.0578. The van der Waals surface area contributed by atoms with Gasteiger partial charge in [-0.3, -0.25) is 4.79 Å². The van der Waals surface area contributed by atoms with E-state index in [0.29, 0.717) is 23.7 Å². The minimum Gasteiger partial charge on any atom is -0.325 e. The van der Waals surface area contributed by atoms with E-state index in [-0.39, 0.29) is 28.5 Å².